The number of hydrogen-bond donors (Lipinski definition) is 5. The number of rotatable bonds is 5. The highest BCUT2D eigenvalue weighted by atomic mass is 32.2. The van der Waals surface area contributed by atoms with Gasteiger partial charge in [-0.3, -0.25) is 4.57 Å². The van der Waals surface area contributed by atoms with Gasteiger partial charge in [0.25, 0.3) is 0 Å². The Kier molecular flexibility index (Phi) is 4.66. The highest BCUT2D eigenvalue weighted by Crippen LogP contribution is 2.35. The molecular weight excluding hydrogens is 326 g/mol. The summed E-state index contributed by atoms with van der Waals surface area (Å²) in [5.74, 6) is 0.476. The Morgan fingerprint density at radius 1 is 1.30 bits per heavy atom. The third-order valence-corrected chi connectivity index (χ3v) is 4.63. The Bertz CT molecular complexity index is 685. The Morgan fingerprint density at radius 2 is 2.09 bits per heavy atom. The molecule has 0 aromatic carbocycles. The van der Waals surface area contributed by atoms with Crippen LogP contribution in [0.2, 0.25) is 0 Å². The first-order valence-electron chi connectivity index (χ1n) is 6.89. The summed E-state index contributed by atoms with van der Waals surface area (Å²) in [6.07, 6.45) is -1.92. The number of fused-ring (bicyclic) bond motifs is 1. The Morgan fingerprint density at radius 3 is 2.83 bits per heavy atom. The number of aliphatic hydroxyl groups is 4. The quantitative estimate of drug-likeness (QED) is 0.387. The smallest absolute Gasteiger partial charge is 0.167 e. The maximum absolute atomic E-state index is 10.2. The first-order chi connectivity index (χ1) is 11.0. The molecule has 2 aromatic heterocycles. The summed E-state index contributed by atoms with van der Waals surface area (Å²) in [4.78, 5) is 12.0. The number of nitrogen functional groups attached to an aromatic ring is 1. The predicted octanol–water partition coefficient (Wildman–Crippen LogP) is -1.93. The molecule has 1 unspecified atom stereocenters. The van der Waals surface area contributed by atoms with Crippen molar-refractivity contribution in [1.29, 1.82) is 0 Å². The maximum atomic E-state index is 10.2. The molecule has 1 saturated heterocycles. The number of aliphatic hydroxyl groups excluding tert-OH is 4. The predicted molar refractivity (Wildman–Crippen MR) is 81.2 cm³/mol. The molecule has 1 aliphatic rings. The van der Waals surface area contributed by atoms with Crippen LogP contribution in [0.3, 0.4) is 0 Å². The minimum atomic E-state index is -1.29. The summed E-state index contributed by atoms with van der Waals surface area (Å²) in [6, 6.07) is 0. The van der Waals surface area contributed by atoms with Gasteiger partial charge in [-0.1, -0.05) is 0 Å². The molecule has 3 rings (SSSR count). The maximum Gasteiger partial charge on any atom is 0.167 e. The van der Waals surface area contributed by atoms with Gasteiger partial charge in [-0.15, -0.1) is 11.8 Å². The zero-order chi connectivity index (χ0) is 16.6. The second-order valence-electron chi connectivity index (χ2n) is 5.04. The Hall–Kier alpha value is -1.50. The van der Waals surface area contributed by atoms with Gasteiger partial charge in [0.05, 0.1) is 12.9 Å². The lowest BCUT2D eigenvalue weighted by atomic mass is 10.1. The van der Waals surface area contributed by atoms with Crippen molar-refractivity contribution in [3.8, 4) is 0 Å². The molecule has 10 nitrogen and oxygen atoms in total. The van der Waals surface area contributed by atoms with Crippen molar-refractivity contribution in [3.05, 3.63) is 12.7 Å². The van der Waals surface area contributed by atoms with Crippen molar-refractivity contribution in [1.82, 2.24) is 19.5 Å². The summed E-state index contributed by atoms with van der Waals surface area (Å²) in [5, 5.41) is 39.2. The van der Waals surface area contributed by atoms with Gasteiger partial charge in [-0.25, -0.2) is 15.0 Å². The van der Waals surface area contributed by atoms with E-state index in [0.717, 1.165) is 11.8 Å². The Labute approximate surface area is 134 Å². The third-order valence-electron chi connectivity index (χ3n) is 3.60. The molecule has 23 heavy (non-hydrogen) atoms. The molecule has 2 aromatic rings. The lowest BCUT2D eigenvalue weighted by Crippen LogP contribution is -2.37. The lowest BCUT2D eigenvalue weighted by Gasteiger charge is -2.20. The lowest BCUT2D eigenvalue weighted by molar-refractivity contribution is -0.0594. The van der Waals surface area contributed by atoms with Gasteiger partial charge in [-0.05, 0) is 0 Å². The topological polar surface area (TPSA) is 160 Å². The van der Waals surface area contributed by atoms with Crippen LogP contribution < -0.4 is 5.73 Å². The summed E-state index contributed by atoms with van der Waals surface area (Å²) in [5.41, 5.74) is 5.33. The van der Waals surface area contributed by atoms with E-state index < -0.39 is 30.0 Å². The van der Waals surface area contributed by atoms with E-state index in [0.29, 0.717) is 11.2 Å². The van der Waals surface area contributed by atoms with Crippen LogP contribution in [0, 0.1) is 0 Å². The Balaban J connectivity index is 1.86. The van der Waals surface area contributed by atoms with Gasteiger partial charge in [0, 0.05) is 5.75 Å². The number of nitrogens with zero attached hydrogens (tertiary/aromatic N) is 4. The van der Waals surface area contributed by atoms with Crippen LogP contribution in [-0.4, -0.2) is 76.1 Å². The van der Waals surface area contributed by atoms with Crippen molar-refractivity contribution in [2.24, 2.45) is 0 Å². The van der Waals surface area contributed by atoms with Gasteiger partial charge >= 0.3 is 0 Å². The normalized spacial score (nSPS) is 29.2. The van der Waals surface area contributed by atoms with Crippen LogP contribution in [0.5, 0.6) is 0 Å². The molecule has 0 bridgehead atoms. The molecule has 5 atom stereocenters. The average molecular weight is 343 g/mol. The summed E-state index contributed by atoms with van der Waals surface area (Å²) < 4.78 is 7.04. The van der Waals surface area contributed by atoms with Crippen LogP contribution in [0.25, 0.3) is 11.2 Å². The third kappa shape index (κ3) is 2.86. The number of hydrogen-bond acceptors (Lipinski definition) is 10. The summed E-state index contributed by atoms with van der Waals surface area (Å²) in [6.45, 7) is -0.112. The first kappa shape index (κ1) is 16.4. The highest BCUT2D eigenvalue weighted by Gasteiger charge is 2.47. The number of nitrogens with two attached hydrogens (primary N) is 1. The highest BCUT2D eigenvalue weighted by molar-refractivity contribution is 7.99. The molecule has 11 heteroatoms. The van der Waals surface area contributed by atoms with Gasteiger partial charge in [-0.2, -0.15) is 0 Å². The largest absolute Gasteiger partial charge is 0.396 e. The van der Waals surface area contributed by atoms with Gasteiger partial charge in [0.2, 0.25) is 0 Å². The van der Waals surface area contributed by atoms with Crippen LogP contribution in [0.15, 0.2) is 12.7 Å². The number of aromatic nitrogens is 4. The fourth-order valence-corrected chi connectivity index (χ4v) is 3.24. The van der Waals surface area contributed by atoms with Crippen molar-refractivity contribution in [2.45, 2.75) is 30.0 Å². The van der Waals surface area contributed by atoms with Crippen LogP contribution in [-0.2, 0) is 4.74 Å². The molecule has 126 valence electrons. The van der Waals surface area contributed by atoms with Gasteiger partial charge < -0.3 is 30.9 Å². The molecule has 0 amide bonds. The van der Waals surface area contributed by atoms with E-state index in [-0.39, 0.29) is 18.2 Å². The van der Waals surface area contributed by atoms with Gasteiger partial charge in [0.1, 0.15) is 35.6 Å². The van der Waals surface area contributed by atoms with E-state index in [2.05, 4.69) is 15.0 Å². The molecule has 1 aliphatic heterocycles. The van der Waals surface area contributed by atoms with E-state index in [1.807, 2.05) is 0 Å². The minimum Gasteiger partial charge on any atom is -0.396 e. The zero-order valence-electron chi connectivity index (χ0n) is 11.9. The summed E-state index contributed by atoms with van der Waals surface area (Å²) in [7, 11) is 0. The van der Waals surface area contributed by atoms with E-state index in [1.165, 1.54) is 17.2 Å². The van der Waals surface area contributed by atoms with Crippen LogP contribution >= 0.6 is 11.8 Å². The monoisotopic (exact) mass is 343 g/mol. The molecule has 1 fully saturated rings. The number of thioether (sulfide) groups is 1. The standard InChI is InChI=1S/C12H17N5O5S/c13-9-5-10(15-3-14-9)17(4-16-5)11-7(20)6(19)8(22-11)12(21)23-2-1-18/h3-4,6-8,11-12,18-21H,1-2H2,(H2,13,14,15)/t6-,7+,8-,11+,12?/m0/s1. The molecule has 0 radical (unpaired) electrons. The molecule has 0 aliphatic carbocycles. The first-order valence-corrected chi connectivity index (χ1v) is 7.94. The fourth-order valence-electron chi connectivity index (χ4n) is 2.48. The van der Waals surface area contributed by atoms with Crippen molar-refractivity contribution >= 4 is 28.7 Å². The van der Waals surface area contributed by atoms with E-state index in [1.54, 1.807) is 0 Å². The van der Waals surface area contributed by atoms with Crippen molar-refractivity contribution in [2.75, 3.05) is 18.1 Å². The molecular formula is C12H17N5O5S. The van der Waals surface area contributed by atoms with Crippen LogP contribution in [0.1, 0.15) is 6.23 Å². The zero-order valence-corrected chi connectivity index (χ0v) is 12.7. The van der Waals surface area contributed by atoms with Crippen molar-refractivity contribution < 1.29 is 25.2 Å². The van der Waals surface area contributed by atoms with Crippen molar-refractivity contribution in [3.63, 3.8) is 0 Å². The van der Waals surface area contributed by atoms with E-state index in [9.17, 15) is 15.3 Å². The number of ether oxygens (including phenoxy) is 1. The summed E-state index contributed by atoms with van der Waals surface area (Å²) >= 11 is 1.02. The number of anilines is 1. The SMILES string of the molecule is Nc1ncnc2c1ncn2[C@@H]1O[C@H](C(O)SCCO)[C@@H](O)[C@H]1O. The molecule has 3 heterocycles. The minimum absolute atomic E-state index is 0.112. The second-order valence-corrected chi connectivity index (χ2v) is 6.26. The molecule has 0 spiro atoms. The van der Waals surface area contributed by atoms with E-state index in [4.69, 9.17) is 15.6 Å². The van der Waals surface area contributed by atoms with E-state index >= 15 is 0 Å². The number of imidazole rings is 1. The van der Waals surface area contributed by atoms with Crippen LogP contribution in [0.4, 0.5) is 5.82 Å². The van der Waals surface area contributed by atoms with Gasteiger partial charge in [0.15, 0.2) is 17.7 Å². The fraction of sp³-hybridized carbons (Fsp3) is 0.583. The molecule has 6 N–H and O–H groups in total. The molecule has 0 saturated carbocycles. The second kappa shape index (κ2) is 6.55. The average Bonchev–Trinajstić information content (AvgIpc) is 3.09.